The molecule has 4 rings (SSSR count). The number of alkyl halides is 6. The molecule has 1 N–H and O–H groups in total. The van der Waals surface area contributed by atoms with Crippen molar-refractivity contribution in [3.8, 4) is 0 Å². The predicted octanol–water partition coefficient (Wildman–Crippen LogP) is 7.92. The van der Waals surface area contributed by atoms with Gasteiger partial charge in [-0.05, 0) is 65.2 Å². The Morgan fingerprint density at radius 1 is 0.590 bits per heavy atom. The molecule has 202 valence electrons. The number of carbonyl (C=O) groups is 1. The molecule has 0 aromatic heterocycles. The molecule has 0 bridgehead atoms. The van der Waals surface area contributed by atoms with Gasteiger partial charge in [0.05, 0.1) is 16.7 Å². The molecule has 0 aliphatic rings. The van der Waals surface area contributed by atoms with E-state index in [-0.39, 0.29) is 23.6 Å². The van der Waals surface area contributed by atoms with Gasteiger partial charge in [-0.3, -0.25) is 4.79 Å². The lowest BCUT2D eigenvalue weighted by Gasteiger charge is -2.37. The van der Waals surface area contributed by atoms with Crippen LogP contribution in [0.5, 0.6) is 0 Å². The molecule has 0 aliphatic heterocycles. The summed E-state index contributed by atoms with van der Waals surface area (Å²) in [4.78, 5) is 13.4. The second kappa shape index (κ2) is 10.5. The van der Waals surface area contributed by atoms with Crippen LogP contribution in [0.1, 0.15) is 38.2 Å². The Hall–Kier alpha value is -4.21. The standard InChI is InChI=1S/C29H19F8NO/c30-24-11-9-20(10-12-24)27(17-18-5-2-1-3-6-18,22-14-23(29(35,36)37)16-25(31)15-22)38-26(39)19-7-4-8-21(13-19)28(32,33)34/h1-16H,17H2,(H,38,39). The summed E-state index contributed by atoms with van der Waals surface area (Å²) in [5.41, 5.74) is -4.62. The minimum atomic E-state index is -4.96. The summed E-state index contributed by atoms with van der Waals surface area (Å²) >= 11 is 0. The molecule has 0 radical (unpaired) electrons. The molecule has 4 aromatic carbocycles. The molecule has 0 saturated carbocycles. The number of rotatable bonds is 6. The Labute approximate surface area is 217 Å². The number of halogens is 8. The number of hydrogen-bond acceptors (Lipinski definition) is 1. The molecule has 0 fully saturated rings. The maximum Gasteiger partial charge on any atom is 0.416 e. The Morgan fingerprint density at radius 2 is 1.21 bits per heavy atom. The number of benzene rings is 4. The van der Waals surface area contributed by atoms with Crippen molar-refractivity contribution >= 4 is 5.91 Å². The summed E-state index contributed by atoms with van der Waals surface area (Å²) in [7, 11) is 0. The zero-order valence-electron chi connectivity index (χ0n) is 19.9. The van der Waals surface area contributed by atoms with Crippen LogP contribution in [0.3, 0.4) is 0 Å². The molecule has 1 atom stereocenters. The fraction of sp³-hybridized carbons (Fsp3) is 0.138. The van der Waals surface area contributed by atoms with Crippen LogP contribution < -0.4 is 5.32 Å². The fourth-order valence-corrected chi connectivity index (χ4v) is 4.30. The summed E-state index contributed by atoms with van der Waals surface area (Å²) in [6.07, 6.45) is -9.97. The van der Waals surface area contributed by atoms with Crippen molar-refractivity contribution in [2.75, 3.05) is 0 Å². The first kappa shape index (κ1) is 27.8. The van der Waals surface area contributed by atoms with Crippen molar-refractivity contribution < 1.29 is 39.9 Å². The zero-order chi connectivity index (χ0) is 28.4. The van der Waals surface area contributed by atoms with Gasteiger partial charge in [0.1, 0.15) is 11.6 Å². The van der Waals surface area contributed by atoms with Gasteiger partial charge in [0.15, 0.2) is 0 Å². The first-order chi connectivity index (χ1) is 18.3. The highest BCUT2D eigenvalue weighted by atomic mass is 19.4. The highest BCUT2D eigenvalue weighted by molar-refractivity contribution is 5.95. The minimum Gasteiger partial charge on any atom is -0.338 e. The maximum absolute atomic E-state index is 14.7. The van der Waals surface area contributed by atoms with Gasteiger partial charge in [-0.2, -0.15) is 26.3 Å². The van der Waals surface area contributed by atoms with Crippen LogP contribution in [-0.2, 0) is 24.3 Å². The van der Waals surface area contributed by atoms with Gasteiger partial charge in [-0.25, -0.2) is 8.78 Å². The lowest BCUT2D eigenvalue weighted by molar-refractivity contribution is -0.138. The quantitative estimate of drug-likeness (QED) is 0.243. The Bertz CT molecular complexity index is 1460. The molecule has 10 heteroatoms. The highest BCUT2D eigenvalue weighted by Gasteiger charge is 2.40. The number of carbonyl (C=O) groups excluding carboxylic acids is 1. The largest absolute Gasteiger partial charge is 0.416 e. The molecule has 0 heterocycles. The van der Waals surface area contributed by atoms with Gasteiger partial charge >= 0.3 is 12.4 Å². The van der Waals surface area contributed by atoms with Crippen molar-refractivity contribution in [1.29, 1.82) is 0 Å². The Kier molecular flexibility index (Phi) is 7.50. The van der Waals surface area contributed by atoms with E-state index in [1.807, 2.05) is 0 Å². The van der Waals surface area contributed by atoms with E-state index in [1.165, 1.54) is 12.1 Å². The molecular weight excluding hydrogens is 530 g/mol. The molecule has 2 nitrogen and oxygen atoms in total. The van der Waals surface area contributed by atoms with Crippen LogP contribution in [0.4, 0.5) is 35.1 Å². The lowest BCUT2D eigenvalue weighted by Crippen LogP contribution is -2.49. The Balaban J connectivity index is 1.97. The number of nitrogens with one attached hydrogen (secondary N) is 1. The Morgan fingerprint density at radius 3 is 1.82 bits per heavy atom. The molecular formula is C29H19F8NO. The fourth-order valence-electron chi connectivity index (χ4n) is 4.30. The molecule has 0 saturated heterocycles. The topological polar surface area (TPSA) is 29.1 Å². The van der Waals surface area contributed by atoms with Crippen LogP contribution in [0, 0.1) is 11.6 Å². The van der Waals surface area contributed by atoms with E-state index in [4.69, 9.17) is 0 Å². The zero-order valence-corrected chi connectivity index (χ0v) is 19.9. The minimum absolute atomic E-state index is 0.0757. The van der Waals surface area contributed by atoms with Gasteiger partial charge < -0.3 is 5.32 Å². The monoisotopic (exact) mass is 549 g/mol. The van der Waals surface area contributed by atoms with Crippen molar-refractivity contribution in [1.82, 2.24) is 5.32 Å². The van der Waals surface area contributed by atoms with Crippen molar-refractivity contribution in [3.63, 3.8) is 0 Å². The predicted molar refractivity (Wildman–Crippen MR) is 128 cm³/mol. The van der Waals surface area contributed by atoms with E-state index in [0.29, 0.717) is 17.7 Å². The van der Waals surface area contributed by atoms with E-state index in [9.17, 15) is 39.9 Å². The van der Waals surface area contributed by atoms with E-state index < -0.39 is 52.1 Å². The third kappa shape index (κ3) is 6.27. The molecule has 1 amide bonds. The number of hydrogen-bond donors (Lipinski definition) is 1. The summed E-state index contributed by atoms with van der Waals surface area (Å²) in [5.74, 6) is -3.02. The normalized spacial score (nSPS) is 13.5. The first-order valence-electron chi connectivity index (χ1n) is 11.5. The van der Waals surface area contributed by atoms with Crippen LogP contribution >= 0.6 is 0 Å². The van der Waals surface area contributed by atoms with Crippen LogP contribution in [0.25, 0.3) is 0 Å². The second-order valence-electron chi connectivity index (χ2n) is 8.83. The first-order valence-corrected chi connectivity index (χ1v) is 11.5. The van der Waals surface area contributed by atoms with Gasteiger partial charge in [-0.1, -0.05) is 48.5 Å². The van der Waals surface area contributed by atoms with Crippen molar-refractivity contribution in [2.24, 2.45) is 0 Å². The van der Waals surface area contributed by atoms with Gasteiger partial charge in [-0.15, -0.1) is 0 Å². The van der Waals surface area contributed by atoms with E-state index in [0.717, 1.165) is 36.4 Å². The molecule has 0 aliphatic carbocycles. The lowest BCUT2D eigenvalue weighted by atomic mass is 9.77. The molecule has 0 spiro atoms. The highest BCUT2D eigenvalue weighted by Crippen LogP contribution is 2.39. The SMILES string of the molecule is O=C(NC(Cc1ccccc1)(c1ccc(F)cc1)c1cc(F)cc(C(F)(F)F)c1)c1cccc(C(F)(F)F)c1. The van der Waals surface area contributed by atoms with Crippen molar-refractivity contribution in [3.05, 3.63) is 142 Å². The maximum atomic E-state index is 14.7. The van der Waals surface area contributed by atoms with Crippen LogP contribution in [-0.4, -0.2) is 5.91 Å². The summed E-state index contributed by atoms with van der Waals surface area (Å²) in [6.45, 7) is 0. The number of amides is 1. The smallest absolute Gasteiger partial charge is 0.338 e. The van der Waals surface area contributed by atoms with Crippen LogP contribution in [0.2, 0.25) is 0 Å². The third-order valence-corrected chi connectivity index (χ3v) is 6.15. The van der Waals surface area contributed by atoms with Crippen LogP contribution in [0.15, 0.2) is 97.1 Å². The summed E-state index contributed by atoms with van der Waals surface area (Å²) in [6, 6.07) is 17.8. The van der Waals surface area contributed by atoms with Gasteiger partial charge in [0.2, 0.25) is 0 Å². The summed E-state index contributed by atoms with van der Waals surface area (Å²) < 4.78 is 110. The third-order valence-electron chi connectivity index (χ3n) is 6.15. The second-order valence-corrected chi connectivity index (χ2v) is 8.83. The van der Waals surface area contributed by atoms with Crippen molar-refractivity contribution in [2.45, 2.75) is 24.3 Å². The van der Waals surface area contributed by atoms with E-state index >= 15 is 0 Å². The molecule has 4 aromatic rings. The average molecular weight is 549 g/mol. The summed E-state index contributed by atoms with van der Waals surface area (Å²) in [5, 5.41) is 2.57. The average Bonchev–Trinajstić information content (AvgIpc) is 2.88. The van der Waals surface area contributed by atoms with Gasteiger partial charge in [0.25, 0.3) is 5.91 Å². The van der Waals surface area contributed by atoms with Gasteiger partial charge in [0, 0.05) is 12.0 Å². The molecule has 39 heavy (non-hydrogen) atoms. The van der Waals surface area contributed by atoms with E-state index in [1.54, 1.807) is 30.3 Å². The molecule has 1 unspecified atom stereocenters. The van der Waals surface area contributed by atoms with E-state index in [2.05, 4.69) is 5.32 Å².